The lowest BCUT2D eigenvalue weighted by atomic mass is 10.1. The number of hydrogen-bond donors (Lipinski definition) is 1. The molecule has 8 nitrogen and oxygen atoms in total. The van der Waals surface area contributed by atoms with E-state index < -0.39 is 11.7 Å². The molecular weight excluding hydrogens is 508 g/mol. The smallest absolute Gasteiger partial charge is 0.419 e. The molecule has 0 atom stereocenters. The Balaban J connectivity index is 1.50. The fraction of sp³-hybridized carbons (Fsp3) is 0.346. The number of halogens is 1. The first-order valence-corrected chi connectivity index (χ1v) is 12.5. The minimum absolute atomic E-state index is 0.409. The van der Waals surface area contributed by atoms with E-state index in [1.54, 1.807) is 4.57 Å². The highest BCUT2D eigenvalue weighted by atomic mass is 79.9. The standard InChI is InChI=1S/C26H29BrN6O2/c1-26(2,3)35-25(34)33-22-8-6-20(27)14-18(22)15-23(33)17-5-7-21-19(13-17)16-28-24(29-21)30-32-11-9-31(4)10-12-32/h5-8,13-16H,9-12H2,1-4H3,(H,28,29,30). The van der Waals surface area contributed by atoms with Crippen molar-refractivity contribution < 1.29 is 9.53 Å². The molecule has 1 aliphatic heterocycles. The summed E-state index contributed by atoms with van der Waals surface area (Å²) in [6.45, 7) is 9.46. The van der Waals surface area contributed by atoms with Crippen molar-refractivity contribution in [3.05, 3.63) is 53.1 Å². The van der Waals surface area contributed by atoms with Crippen LogP contribution in [0, 0.1) is 0 Å². The summed E-state index contributed by atoms with van der Waals surface area (Å²) >= 11 is 3.53. The molecule has 4 aromatic rings. The number of carbonyl (C=O) groups excluding carboxylic acids is 1. The average molecular weight is 537 g/mol. The van der Waals surface area contributed by atoms with Crippen LogP contribution in [0.25, 0.3) is 33.1 Å². The number of aromatic nitrogens is 3. The molecule has 2 aromatic carbocycles. The minimum atomic E-state index is -0.606. The summed E-state index contributed by atoms with van der Waals surface area (Å²) in [6, 6.07) is 13.8. The van der Waals surface area contributed by atoms with Gasteiger partial charge in [0.15, 0.2) is 0 Å². The maximum atomic E-state index is 13.2. The third kappa shape index (κ3) is 5.17. The highest BCUT2D eigenvalue weighted by Gasteiger charge is 2.23. The first-order valence-electron chi connectivity index (χ1n) is 11.7. The Morgan fingerprint density at radius 3 is 2.54 bits per heavy atom. The number of ether oxygens (including phenoxy) is 1. The zero-order chi connectivity index (χ0) is 24.7. The van der Waals surface area contributed by atoms with Crippen molar-refractivity contribution in [2.75, 3.05) is 38.7 Å². The summed E-state index contributed by atoms with van der Waals surface area (Å²) in [6.07, 6.45) is 1.41. The highest BCUT2D eigenvalue weighted by Crippen LogP contribution is 2.32. The second kappa shape index (κ2) is 9.22. The molecule has 3 heterocycles. The first kappa shape index (κ1) is 23.7. The summed E-state index contributed by atoms with van der Waals surface area (Å²) < 4.78 is 8.32. The molecule has 35 heavy (non-hydrogen) atoms. The molecule has 0 amide bonds. The fourth-order valence-electron chi connectivity index (χ4n) is 4.21. The Hall–Kier alpha value is -3.01. The normalized spacial score (nSPS) is 15.6. The predicted molar refractivity (Wildman–Crippen MR) is 142 cm³/mol. The van der Waals surface area contributed by atoms with Crippen molar-refractivity contribution in [2.24, 2.45) is 0 Å². The van der Waals surface area contributed by atoms with Crippen molar-refractivity contribution >= 4 is 49.8 Å². The Morgan fingerprint density at radius 2 is 1.80 bits per heavy atom. The van der Waals surface area contributed by atoms with Crippen LogP contribution in [-0.4, -0.2) is 69.4 Å². The van der Waals surface area contributed by atoms with Gasteiger partial charge in [-0.2, -0.15) is 0 Å². The van der Waals surface area contributed by atoms with Crippen molar-refractivity contribution in [3.8, 4) is 11.3 Å². The molecule has 182 valence electrons. The molecule has 2 aromatic heterocycles. The Morgan fingerprint density at radius 1 is 1.03 bits per heavy atom. The summed E-state index contributed by atoms with van der Waals surface area (Å²) in [5.74, 6) is 0.586. The maximum absolute atomic E-state index is 13.2. The van der Waals surface area contributed by atoms with E-state index in [0.717, 1.165) is 63.7 Å². The maximum Gasteiger partial charge on any atom is 0.419 e. The molecule has 1 saturated heterocycles. The predicted octanol–water partition coefficient (Wildman–Crippen LogP) is 5.37. The quantitative estimate of drug-likeness (QED) is 0.377. The molecule has 0 aliphatic carbocycles. The van der Waals surface area contributed by atoms with Crippen LogP contribution >= 0.6 is 15.9 Å². The summed E-state index contributed by atoms with van der Waals surface area (Å²) in [5.41, 5.74) is 5.99. The molecule has 0 radical (unpaired) electrons. The zero-order valence-electron chi connectivity index (χ0n) is 20.4. The van der Waals surface area contributed by atoms with Gasteiger partial charge in [0.1, 0.15) is 5.60 Å². The van der Waals surface area contributed by atoms with E-state index in [1.165, 1.54) is 0 Å². The van der Waals surface area contributed by atoms with Gasteiger partial charge in [-0.1, -0.05) is 22.0 Å². The van der Waals surface area contributed by atoms with Gasteiger partial charge in [-0.3, -0.25) is 5.43 Å². The summed E-state index contributed by atoms with van der Waals surface area (Å²) in [7, 11) is 2.13. The van der Waals surface area contributed by atoms with Gasteiger partial charge < -0.3 is 9.64 Å². The number of likely N-dealkylation sites (N-methyl/N-ethyl adjacent to an activating group) is 1. The SMILES string of the molecule is CN1CCN(Nc2ncc3cc(-c4cc5cc(Br)ccc5n4C(=O)OC(C)(C)C)ccc3n2)CC1. The van der Waals surface area contributed by atoms with E-state index >= 15 is 0 Å². The molecule has 0 saturated carbocycles. The Labute approximate surface area is 213 Å². The number of piperazine rings is 1. The minimum Gasteiger partial charge on any atom is -0.443 e. The molecule has 0 unspecified atom stereocenters. The van der Waals surface area contributed by atoms with Crippen LogP contribution in [0.15, 0.2) is 53.1 Å². The van der Waals surface area contributed by atoms with Crippen LogP contribution in [0.4, 0.5) is 10.7 Å². The van der Waals surface area contributed by atoms with E-state index in [9.17, 15) is 4.79 Å². The molecule has 1 aliphatic rings. The second-order valence-corrected chi connectivity index (χ2v) is 10.8. The molecule has 5 rings (SSSR count). The molecule has 0 spiro atoms. The number of hydrogen-bond acceptors (Lipinski definition) is 7. The average Bonchev–Trinajstić information content (AvgIpc) is 3.18. The lowest BCUT2D eigenvalue weighted by Crippen LogP contribution is -2.47. The van der Waals surface area contributed by atoms with Gasteiger partial charge in [-0.15, -0.1) is 0 Å². The molecule has 0 bridgehead atoms. The van der Waals surface area contributed by atoms with Crippen LogP contribution < -0.4 is 5.43 Å². The Kier molecular flexibility index (Phi) is 6.25. The van der Waals surface area contributed by atoms with Crippen molar-refractivity contribution in [3.63, 3.8) is 0 Å². The van der Waals surface area contributed by atoms with Crippen LogP contribution in [0.2, 0.25) is 0 Å². The number of rotatable bonds is 3. The molecule has 1 fully saturated rings. The number of hydrazine groups is 1. The van der Waals surface area contributed by atoms with E-state index in [2.05, 4.69) is 43.3 Å². The van der Waals surface area contributed by atoms with Gasteiger partial charge in [0.2, 0.25) is 5.95 Å². The number of nitrogens with zero attached hydrogens (tertiary/aromatic N) is 5. The summed E-state index contributed by atoms with van der Waals surface area (Å²) in [5, 5.41) is 3.99. The van der Waals surface area contributed by atoms with Crippen LogP contribution in [-0.2, 0) is 4.74 Å². The molecule has 9 heteroatoms. The van der Waals surface area contributed by atoms with E-state index in [4.69, 9.17) is 9.72 Å². The number of benzene rings is 2. The van der Waals surface area contributed by atoms with E-state index in [0.29, 0.717) is 5.95 Å². The molecular formula is C26H29BrN6O2. The topological polar surface area (TPSA) is 75.5 Å². The largest absolute Gasteiger partial charge is 0.443 e. The number of nitrogens with one attached hydrogen (secondary N) is 1. The fourth-order valence-corrected chi connectivity index (χ4v) is 4.59. The number of fused-ring (bicyclic) bond motifs is 2. The summed E-state index contributed by atoms with van der Waals surface area (Å²) in [4.78, 5) is 24.8. The van der Waals surface area contributed by atoms with Gasteiger partial charge in [0.05, 0.1) is 16.7 Å². The molecule has 1 N–H and O–H groups in total. The van der Waals surface area contributed by atoms with Crippen LogP contribution in [0.3, 0.4) is 0 Å². The van der Waals surface area contributed by atoms with Gasteiger partial charge in [0, 0.05) is 47.6 Å². The lowest BCUT2D eigenvalue weighted by Gasteiger charge is -2.32. The van der Waals surface area contributed by atoms with Gasteiger partial charge in [-0.05, 0) is 69.8 Å². The van der Waals surface area contributed by atoms with Gasteiger partial charge in [0.25, 0.3) is 0 Å². The van der Waals surface area contributed by atoms with Crippen molar-refractivity contribution in [2.45, 2.75) is 26.4 Å². The van der Waals surface area contributed by atoms with Gasteiger partial charge >= 0.3 is 6.09 Å². The first-order chi connectivity index (χ1) is 16.7. The van der Waals surface area contributed by atoms with E-state index in [-0.39, 0.29) is 0 Å². The number of anilines is 1. The highest BCUT2D eigenvalue weighted by molar-refractivity contribution is 9.10. The van der Waals surface area contributed by atoms with E-state index in [1.807, 2.05) is 69.4 Å². The lowest BCUT2D eigenvalue weighted by molar-refractivity contribution is 0.0547. The van der Waals surface area contributed by atoms with Gasteiger partial charge in [-0.25, -0.2) is 24.3 Å². The third-order valence-corrected chi connectivity index (χ3v) is 6.47. The second-order valence-electron chi connectivity index (χ2n) is 9.92. The zero-order valence-corrected chi connectivity index (χ0v) is 22.0. The third-order valence-electron chi connectivity index (χ3n) is 5.98. The Bertz CT molecular complexity index is 1400. The van der Waals surface area contributed by atoms with Crippen LogP contribution in [0.5, 0.6) is 0 Å². The van der Waals surface area contributed by atoms with Crippen molar-refractivity contribution in [1.82, 2.24) is 24.4 Å². The number of carbonyl (C=O) groups is 1. The van der Waals surface area contributed by atoms with Crippen molar-refractivity contribution in [1.29, 1.82) is 0 Å². The monoisotopic (exact) mass is 536 g/mol. The van der Waals surface area contributed by atoms with Crippen LogP contribution in [0.1, 0.15) is 20.8 Å².